The molecular formula is C21H22F3N3O. The maximum absolute atomic E-state index is 13.0. The summed E-state index contributed by atoms with van der Waals surface area (Å²) in [7, 11) is 0. The fourth-order valence-corrected chi connectivity index (χ4v) is 4.58. The zero-order valence-electron chi connectivity index (χ0n) is 15.5. The van der Waals surface area contributed by atoms with Crippen molar-refractivity contribution in [2.45, 2.75) is 31.5 Å². The van der Waals surface area contributed by atoms with Gasteiger partial charge in [0.15, 0.2) is 0 Å². The van der Waals surface area contributed by atoms with E-state index in [1.165, 1.54) is 6.07 Å². The van der Waals surface area contributed by atoms with Gasteiger partial charge in [0, 0.05) is 30.1 Å². The van der Waals surface area contributed by atoms with Crippen LogP contribution in [0.15, 0.2) is 48.5 Å². The van der Waals surface area contributed by atoms with E-state index in [9.17, 15) is 18.0 Å². The number of hydrogen-bond donors (Lipinski definition) is 1. The third-order valence-corrected chi connectivity index (χ3v) is 6.08. The van der Waals surface area contributed by atoms with Gasteiger partial charge in [0.25, 0.3) is 5.91 Å². The van der Waals surface area contributed by atoms with Gasteiger partial charge in [-0.3, -0.25) is 4.79 Å². The van der Waals surface area contributed by atoms with Gasteiger partial charge >= 0.3 is 6.18 Å². The van der Waals surface area contributed by atoms with E-state index < -0.39 is 11.9 Å². The summed E-state index contributed by atoms with van der Waals surface area (Å²) in [6.45, 7) is 3.29. The van der Waals surface area contributed by atoms with Gasteiger partial charge in [-0.25, -0.2) is 4.98 Å². The quantitative estimate of drug-likeness (QED) is 0.858. The number of carbonyl (C=O) groups excluding carboxylic acids is 1. The summed E-state index contributed by atoms with van der Waals surface area (Å²) in [4.78, 5) is 18.4. The number of nitrogens with zero attached hydrogens (tertiary/aromatic N) is 2. The molecule has 1 aliphatic carbocycles. The van der Waals surface area contributed by atoms with Crippen molar-refractivity contribution in [3.05, 3.63) is 59.8 Å². The number of amides is 1. The molecule has 2 aliphatic rings. The lowest BCUT2D eigenvalue weighted by Gasteiger charge is -2.33. The molecule has 0 radical (unpaired) electrons. The van der Waals surface area contributed by atoms with Crippen molar-refractivity contribution in [3.63, 3.8) is 0 Å². The first-order chi connectivity index (χ1) is 13.3. The number of aromatic nitrogens is 1. The van der Waals surface area contributed by atoms with E-state index >= 15 is 0 Å². The molecule has 2 heterocycles. The second-order valence-corrected chi connectivity index (χ2v) is 7.93. The summed E-state index contributed by atoms with van der Waals surface area (Å²) in [6.07, 6.45) is -2.65. The summed E-state index contributed by atoms with van der Waals surface area (Å²) in [6, 6.07) is 13.1. The van der Waals surface area contributed by atoms with Crippen molar-refractivity contribution >= 4 is 11.7 Å². The van der Waals surface area contributed by atoms with Crippen LogP contribution in [0.3, 0.4) is 0 Å². The molecule has 0 unspecified atom stereocenters. The van der Waals surface area contributed by atoms with Crippen molar-refractivity contribution in [2.75, 3.05) is 18.0 Å². The Bertz CT molecular complexity index is 871. The Kier molecular flexibility index (Phi) is 4.56. The number of anilines is 1. The van der Waals surface area contributed by atoms with E-state index in [0.717, 1.165) is 18.9 Å². The van der Waals surface area contributed by atoms with Crippen LogP contribution in [0.25, 0.3) is 0 Å². The summed E-state index contributed by atoms with van der Waals surface area (Å²) in [5, 5.41) is 3.18. The lowest BCUT2D eigenvalue weighted by molar-refractivity contribution is -0.141. The third kappa shape index (κ3) is 3.45. The molecule has 1 amide bonds. The molecule has 1 N–H and O–H groups in total. The highest BCUT2D eigenvalue weighted by Crippen LogP contribution is 2.46. The van der Waals surface area contributed by atoms with Gasteiger partial charge in [0.05, 0.1) is 0 Å². The van der Waals surface area contributed by atoms with Crippen LogP contribution in [-0.4, -0.2) is 29.5 Å². The molecule has 7 heteroatoms. The summed E-state index contributed by atoms with van der Waals surface area (Å²) in [5.41, 5.74) is -0.641. The normalized spacial score (nSPS) is 26.9. The second kappa shape index (κ2) is 6.79. The molecule has 0 bridgehead atoms. The standard InChI is InChI=1S/C21H22F3N3O/c1-20(26-19(28)14-6-3-2-4-7-14)11-10-15-12-27(13-16(15)20)18-9-5-8-17(25-18)21(22,23)24/h2-9,15-16H,10-13H2,1H3,(H,26,28)/t15-,16+,20-/m1/s1. The van der Waals surface area contributed by atoms with Crippen LogP contribution < -0.4 is 10.2 Å². The van der Waals surface area contributed by atoms with Crippen molar-refractivity contribution in [1.82, 2.24) is 10.3 Å². The summed E-state index contributed by atoms with van der Waals surface area (Å²) >= 11 is 0. The highest BCUT2D eigenvalue weighted by molar-refractivity contribution is 5.94. The van der Waals surface area contributed by atoms with E-state index in [1.54, 1.807) is 18.2 Å². The number of alkyl halides is 3. The molecule has 2 aromatic rings. The lowest BCUT2D eigenvalue weighted by Crippen LogP contribution is -2.50. The maximum atomic E-state index is 13.0. The Morgan fingerprint density at radius 1 is 1.14 bits per heavy atom. The molecule has 1 aromatic carbocycles. The average molecular weight is 389 g/mol. The van der Waals surface area contributed by atoms with Crippen molar-refractivity contribution in [2.24, 2.45) is 11.8 Å². The van der Waals surface area contributed by atoms with Crippen LogP contribution in [0, 0.1) is 11.8 Å². The van der Waals surface area contributed by atoms with Gasteiger partial charge < -0.3 is 10.2 Å². The van der Waals surface area contributed by atoms with Crippen LogP contribution in [0.1, 0.15) is 35.8 Å². The van der Waals surface area contributed by atoms with Crippen LogP contribution in [-0.2, 0) is 6.18 Å². The van der Waals surface area contributed by atoms with Crippen LogP contribution >= 0.6 is 0 Å². The van der Waals surface area contributed by atoms with Gasteiger partial charge in [-0.15, -0.1) is 0 Å². The number of pyridine rings is 1. The van der Waals surface area contributed by atoms with Gasteiger partial charge in [-0.1, -0.05) is 24.3 Å². The zero-order valence-corrected chi connectivity index (χ0v) is 15.5. The Morgan fingerprint density at radius 3 is 2.61 bits per heavy atom. The van der Waals surface area contributed by atoms with E-state index in [-0.39, 0.29) is 17.4 Å². The molecule has 2 fully saturated rings. The molecular weight excluding hydrogens is 367 g/mol. The number of halogens is 3. The van der Waals surface area contributed by atoms with Crippen molar-refractivity contribution < 1.29 is 18.0 Å². The number of rotatable bonds is 3. The highest BCUT2D eigenvalue weighted by Gasteiger charge is 2.50. The molecule has 1 saturated heterocycles. The molecule has 1 aromatic heterocycles. The number of carbonyl (C=O) groups is 1. The van der Waals surface area contributed by atoms with Gasteiger partial charge in [-0.2, -0.15) is 13.2 Å². The summed E-state index contributed by atoms with van der Waals surface area (Å²) in [5.74, 6) is 0.745. The maximum Gasteiger partial charge on any atom is 0.433 e. The van der Waals surface area contributed by atoms with Gasteiger partial charge in [0.1, 0.15) is 11.5 Å². The predicted molar refractivity (Wildman–Crippen MR) is 100.0 cm³/mol. The smallest absolute Gasteiger partial charge is 0.356 e. The fourth-order valence-electron chi connectivity index (χ4n) is 4.58. The summed E-state index contributed by atoms with van der Waals surface area (Å²) < 4.78 is 39.0. The Balaban J connectivity index is 1.50. The van der Waals surface area contributed by atoms with Gasteiger partial charge in [-0.05, 0) is 49.9 Å². The number of hydrogen-bond acceptors (Lipinski definition) is 3. The molecule has 0 spiro atoms. The molecule has 28 heavy (non-hydrogen) atoms. The molecule has 4 nitrogen and oxygen atoms in total. The van der Waals surface area contributed by atoms with Crippen LogP contribution in [0.2, 0.25) is 0 Å². The second-order valence-electron chi connectivity index (χ2n) is 7.93. The first kappa shape index (κ1) is 18.8. The van der Waals surface area contributed by atoms with Crippen molar-refractivity contribution in [1.29, 1.82) is 0 Å². The minimum Gasteiger partial charge on any atom is -0.356 e. The molecule has 4 rings (SSSR count). The lowest BCUT2D eigenvalue weighted by atomic mass is 9.86. The van der Waals surface area contributed by atoms with E-state index in [4.69, 9.17) is 0 Å². The Hall–Kier alpha value is -2.57. The van der Waals surface area contributed by atoms with Crippen LogP contribution in [0.5, 0.6) is 0 Å². The topological polar surface area (TPSA) is 45.2 Å². The molecule has 148 valence electrons. The molecule has 3 atom stereocenters. The van der Waals surface area contributed by atoms with E-state index in [0.29, 0.717) is 30.4 Å². The van der Waals surface area contributed by atoms with Crippen molar-refractivity contribution in [3.8, 4) is 0 Å². The molecule has 1 aliphatic heterocycles. The molecule has 1 saturated carbocycles. The fraction of sp³-hybridized carbons (Fsp3) is 0.429. The highest BCUT2D eigenvalue weighted by atomic mass is 19.4. The minimum absolute atomic E-state index is 0.112. The average Bonchev–Trinajstić information content (AvgIpc) is 3.23. The Morgan fingerprint density at radius 2 is 1.89 bits per heavy atom. The first-order valence-electron chi connectivity index (χ1n) is 9.43. The van der Waals surface area contributed by atoms with E-state index in [1.807, 2.05) is 30.0 Å². The largest absolute Gasteiger partial charge is 0.433 e. The van der Waals surface area contributed by atoms with Crippen LogP contribution in [0.4, 0.5) is 19.0 Å². The number of benzene rings is 1. The Labute approximate surface area is 161 Å². The van der Waals surface area contributed by atoms with E-state index in [2.05, 4.69) is 10.3 Å². The number of fused-ring (bicyclic) bond motifs is 1. The van der Waals surface area contributed by atoms with Gasteiger partial charge in [0.2, 0.25) is 0 Å². The SMILES string of the molecule is C[C@@]1(NC(=O)c2ccccc2)CC[C@@H]2CN(c3cccc(C(F)(F)F)n3)C[C@@H]21. The number of nitrogens with one attached hydrogen (secondary N) is 1. The third-order valence-electron chi connectivity index (χ3n) is 6.08. The predicted octanol–water partition coefficient (Wildman–Crippen LogP) is 4.14. The zero-order chi connectivity index (χ0) is 19.9. The monoisotopic (exact) mass is 389 g/mol. The first-order valence-corrected chi connectivity index (χ1v) is 9.43. The minimum atomic E-state index is -4.45.